The normalized spacial score (nSPS) is 10.5. The van der Waals surface area contributed by atoms with Crippen LogP contribution in [0.4, 0.5) is 5.69 Å². The quantitative estimate of drug-likeness (QED) is 0.373. The summed E-state index contributed by atoms with van der Waals surface area (Å²) in [6.07, 6.45) is 1.50. The number of carbonyl (C=O) groups excluding carboxylic acids is 1. The Balaban J connectivity index is 1.78. The number of carbonyl (C=O) groups is 1. The minimum atomic E-state index is -0.618. The summed E-state index contributed by atoms with van der Waals surface area (Å²) in [5, 5.41) is 19.5. The number of benzene rings is 2. The molecule has 3 rings (SSSR count). The minimum absolute atomic E-state index is 0.100. The van der Waals surface area contributed by atoms with E-state index < -0.39 is 10.9 Å². The van der Waals surface area contributed by atoms with Gasteiger partial charge in [0.25, 0.3) is 5.69 Å². The first-order valence-electron chi connectivity index (χ1n) is 7.56. The number of hydrogen-bond acceptors (Lipinski definition) is 7. The molecule has 0 aliphatic rings. The minimum Gasteiger partial charge on any atom is -0.457 e. The van der Waals surface area contributed by atoms with Gasteiger partial charge in [-0.3, -0.25) is 10.1 Å². The number of nitro groups is 1. The van der Waals surface area contributed by atoms with Gasteiger partial charge in [-0.15, -0.1) is 10.2 Å². The number of hydrogen-bond donors (Lipinski definition) is 0. The third-order valence-electron chi connectivity index (χ3n) is 3.48. The maximum Gasteiger partial charge on any atom is 0.338 e. The van der Waals surface area contributed by atoms with Crippen molar-refractivity contribution in [2.75, 3.05) is 0 Å². The first-order valence-corrected chi connectivity index (χ1v) is 8.37. The van der Waals surface area contributed by atoms with E-state index in [-0.39, 0.29) is 17.9 Å². The van der Waals surface area contributed by atoms with Crippen LogP contribution in [-0.4, -0.2) is 25.7 Å². The predicted octanol–water partition coefficient (Wildman–Crippen LogP) is 3.23. The topological polar surface area (TPSA) is 100 Å². The van der Waals surface area contributed by atoms with Gasteiger partial charge in [0.15, 0.2) is 5.16 Å². The first-order chi connectivity index (χ1) is 12.5. The third-order valence-corrected chi connectivity index (χ3v) is 4.59. The van der Waals surface area contributed by atoms with Gasteiger partial charge in [-0.05, 0) is 29.5 Å². The molecule has 1 heterocycles. The van der Waals surface area contributed by atoms with Gasteiger partial charge >= 0.3 is 5.97 Å². The van der Waals surface area contributed by atoms with Crippen LogP contribution in [0.2, 0.25) is 0 Å². The summed E-state index contributed by atoms with van der Waals surface area (Å²) in [4.78, 5) is 23.4. The van der Waals surface area contributed by atoms with Crippen LogP contribution >= 0.6 is 11.8 Å². The molecule has 0 radical (unpaired) electrons. The van der Waals surface area contributed by atoms with Crippen LogP contribution in [0, 0.1) is 10.1 Å². The van der Waals surface area contributed by atoms with E-state index in [2.05, 4.69) is 10.2 Å². The highest BCUT2D eigenvalue weighted by Gasteiger charge is 2.20. The molecule has 0 saturated carbocycles. The molecule has 0 atom stereocenters. The van der Waals surface area contributed by atoms with Crippen molar-refractivity contribution in [3.8, 4) is 0 Å². The molecule has 1 aromatic heterocycles. The summed E-state index contributed by atoms with van der Waals surface area (Å²) in [6.45, 7) is 0.100. The number of aryl methyl sites for hydroxylation is 1. The molecule has 0 spiro atoms. The van der Waals surface area contributed by atoms with Crippen LogP contribution in [0.3, 0.4) is 0 Å². The molecule has 26 heavy (non-hydrogen) atoms. The van der Waals surface area contributed by atoms with Crippen molar-refractivity contribution >= 4 is 23.4 Å². The van der Waals surface area contributed by atoms with Crippen molar-refractivity contribution in [3.05, 3.63) is 76.1 Å². The van der Waals surface area contributed by atoms with E-state index in [1.54, 1.807) is 11.6 Å². The van der Waals surface area contributed by atoms with Crippen LogP contribution in [0.15, 0.2) is 64.9 Å². The molecule has 0 amide bonds. The van der Waals surface area contributed by atoms with E-state index >= 15 is 0 Å². The number of aromatic nitrogens is 3. The van der Waals surface area contributed by atoms with Gasteiger partial charge in [0.1, 0.15) is 12.9 Å². The molecule has 0 unspecified atom stereocenters. The van der Waals surface area contributed by atoms with Crippen molar-refractivity contribution in [1.29, 1.82) is 0 Å². The molecular formula is C17H14N4O4S. The molecule has 0 aliphatic heterocycles. The third kappa shape index (κ3) is 4.06. The van der Waals surface area contributed by atoms with E-state index in [1.165, 1.54) is 24.5 Å². The molecule has 0 fully saturated rings. The lowest BCUT2D eigenvalue weighted by Gasteiger charge is -2.07. The van der Waals surface area contributed by atoms with Crippen LogP contribution in [0.1, 0.15) is 15.9 Å². The Morgan fingerprint density at radius 3 is 2.69 bits per heavy atom. The second kappa shape index (κ2) is 7.79. The molecule has 0 N–H and O–H groups in total. The standard InChI is InChI=1S/C17H14N4O4S/c1-20-11-18-19-17(20)26-15-8-7-13(9-14(15)21(23)24)16(22)25-10-12-5-3-2-4-6-12/h2-9,11H,10H2,1H3. The molecule has 2 aromatic carbocycles. The number of rotatable bonds is 6. The summed E-state index contributed by atoms with van der Waals surface area (Å²) in [5.74, 6) is -0.618. The summed E-state index contributed by atoms with van der Waals surface area (Å²) in [7, 11) is 1.74. The molecule has 0 saturated heterocycles. The van der Waals surface area contributed by atoms with Crippen LogP contribution in [-0.2, 0) is 18.4 Å². The molecular weight excluding hydrogens is 356 g/mol. The van der Waals surface area contributed by atoms with Gasteiger partial charge in [0.2, 0.25) is 0 Å². The fourth-order valence-electron chi connectivity index (χ4n) is 2.14. The van der Waals surface area contributed by atoms with Crippen molar-refractivity contribution in [2.24, 2.45) is 7.05 Å². The average molecular weight is 370 g/mol. The lowest BCUT2D eigenvalue weighted by atomic mass is 10.2. The Bertz CT molecular complexity index is 943. The Morgan fingerprint density at radius 1 is 1.27 bits per heavy atom. The van der Waals surface area contributed by atoms with Crippen LogP contribution in [0.25, 0.3) is 0 Å². The number of nitro benzene ring substituents is 1. The van der Waals surface area contributed by atoms with Gasteiger partial charge in [-0.2, -0.15) is 0 Å². The summed E-state index contributed by atoms with van der Waals surface area (Å²) in [5.41, 5.74) is 0.770. The van der Waals surface area contributed by atoms with Crippen molar-refractivity contribution < 1.29 is 14.5 Å². The Hall–Kier alpha value is -3.20. The monoisotopic (exact) mass is 370 g/mol. The second-order valence-corrected chi connectivity index (χ2v) is 6.34. The van der Waals surface area contributed by atoms with Crippen molar-refractivity contribution in [1.82, 2.24) is 14.8 Å². The van der Waals surface area contributed by atoms with Gasteiger partial charge in [0.05, 0.1) is 15.4 Å². The van der Waals surface area contributed by atoms with Crippen molar-refractivity contribution in [3.63, 3.8) is 0 Å². The van der Waals surface area contributed by atoms with Gasteiger partial charge < -0.3 is 9.30 Å². The average Bonchev–Trinajstić information content (AvgIpc) is 3.05. The molecule has 3 aromatic rings. The summed E-state index contributed by atoms with van der Waals surface area (Å²) >= 11 is 1.10. The zero-order valence-corrected chi connectivity index (χ0v) is 14.5. The van der Waals surface area contributed by atoms with Crippen LogP contribution < -0.4 is 0 Å². The smallest absolute Gasteiger partial charge is 0.338 e. The highest BCUT2D eigenvalue weighted by Crippen LogP contribution is 2.34. The highest BCUT2D eigenvalue weighted by atomic mass is 32.2. The number of nitrogens with zero attached hydrogens (tertiary/aromatic N) is 4. The number of esters is 1. The lowest BCUT2D eigenvalue weighted by Crippen LogP contribution is -2.06. The molecule has 0 bridgehead atoms. The predicted molar refractivity (Wildman–Crippen MR) is 93.8 cm³/mol. The largest absolute Gasteiger partial charge is 0.457 e. The number of ether oxygens (including phenoxy) is 1. The maximum atomic E-state index is 12.2. The Morgan fingerprint density at radius 2 is 2.04 bits per heavy atom. The van der Waals surface area contributed by atoms with E-state index in [4.69, 9.17) is 4.74 Å². The van der Waals surface area contributed by atoms with Crippen LogP contribution in [0.5, 0.6) is 0 Å². The second-order valence-electron chi connectivity index (χ2n) is 5.33. The zero-order valence-electron chi connectivity index (χ0n) is 13.7. The molecule has 0 aliphatic carbocycles. The molecule has 9 heteroatoms. The molecule has 132 valence electrons. The SMILES string of the molecule is Cn1cnnc1Sc1ccc(C(=O)OCc2ccccc2)cc1[N+](=O)[O-]. The maximum absolute atomic E-state index is 12.2. The Labute approximate surface area is 153 Å². The Kier molecular flexibility index (Phi) is 5.28. The first kappa shape index (κ1) is 17.6. The zero-order chi connectivity index (χ0) is 18.5. The summed E-state index contributed by atoms with van der Waals surface area (Å²) in [6, 6.07) is 13.4. The highest BCUT2D eigenvalue weighted by molar-refractivity contribution is 7.99. The van der Waals surface area contributed by atoms with Gasteiger partial charge in [-0.25, -0.2) is 4.79 Å². The van der Waals surface area contributed by atoms with E-state index in [0.717, 1.165) is 17.3 Å². The van der Waals surface area contributed by atoms with E-state index in [9.17, 15) is 14.9 Å². The lowest BCUT2D eigenvalue weighted by molar-refractivity contribution is -0.387. The van der Waals surface area contributed by atoms with E-state index in [1.807, 2.05) is 30.3 Å². The van der Waals surface area contributed by atoms with Gasteiger partial charge in [0, 0.05) is 13.1 Å². The van der Waals surface area contributed by atoms with Crippen molar-refractivity contribution in [2.45, 2.75) is 16.7 Å². The van der Waals surface area contributed by atoms with E-state index in [0.29, 0.717) is 10.1 Å². The van der Waals surface area contributed by atoms with Gasteiger partial charge in [-0.1, -0.05) is 30.3 Å². The summed E-state index contributed by atoms with van der Waals surface area (Å²) < 4.78 is 6.87. The fraction of sp³-hybridized carbons (Fsp3) is 0.118. The molecule has 8 nitrogen and oxygen atoms in total. The fourth-order valence-corrected chi connectivity index (χ4v) is 2.99.